The van der Waals surface area contributed by atoms with E-state index in [2.05, 4.69) is 27.7 Å². The zero-order valence-electron chi connectivity index (χ0n) is 13.5. The summed E-state index contributed by atoms with van der Waals surface area (Å²) >= 11 is 0. The summed E-state index contributed by atoms with van der Waals surface area (Å²) in [6.45, 7) is 9.14. The van der Waals surface area contributed by atoms with Gasteiger partial charge in [0.25, 0.3) is 0 Å². The van der Waals surface area contributed by atoms with Gasteiger partial charge in [0.1, 0.15) is 0 Å². The fourth-order valence-electron chi connectivity index (χ4n) is 2.90. The number of fused-ring (bicyclic) bond motifs is 1. The molecule has 0 atom stereocenters. The van der Waals surface area contributed by atoms with Crippen molar-refractivity contribution in [3.05, 3.63) is 33.4 Å². The van der Waals surface area contributed by atoms with Crippen molar-refractivity contribution in [3.8, 4) is 0 Å². The molecule has 1 aromatic carbocycles. The Morgan fingerprint density at radius 1 is 0.545 bits per heavy atom. The Bertz CT molecular complexity index is 449. The van der Waals surface area contributed by atoms with E-state index in [1.54, 1.807) is 22.3 Å². The molecule has 0 amide bonds. The van der Waals surface area contributed by atoms with Crippen LogP contribution in [0.5, 0.6) is 0 Å². The molecule has 3 rings (SSSR count). The smallest absolute Gasteiger partial charge is 0.412 e. The maximum Gasteiger partial charge on any atom is 0.412 e. The third-order valence-corrected chi connectivity index (χ3v) is 7.06. The van der Waals surface area contributed by atoms with Gasteiger partial charge in [-0.05, 0) is 86.8 Å². The molecule has 4 nitrogen and oxygen atoms in total. The van der Waals surface area contributed by atoms with Crippen molar-refractivity contribution in [2.24, 2.45) is 0 Å². The second-order valence-electron chi connectivity index (χ2n) is 5.41. The minimum Gasteiger partial charge on any atom is -0.412 e. The Morgan fingerprint density at radius 3 is 1.18 bits per heavy atom. The van der Waals surface area contributed by atoms with Gasteiger partial charge in [0.2, 0.25) is 0 Å². The molecule has 0 bridgehead atoms. The van der Waals surface area contributed by atoms with Crippen LogP contribution in [0.15, 0.2) is 0 Å². The number of hydrogen-bond acceptors (Lipinski definition) is 4. The van der Waals surface area contributed by atoms with Crippen LogP contribution in [0, 0.1) is 27.7 Å². The highest BCUT2D eigenvalue weighted by atomic mass is 28.4. The van der Waals surface area contributed by atoms with Crippen molar-refractivity contribution in [1.29, 1.82) is 0 Å². The van der Waals surface area contributed by atoms with E-state index in [4.69, 9.17) is 16.5 Å². The summed E-state index contributed by atoms with van der Waals surface area (Å²) in [6.07, 6.45) is 5.39. The number of benzene rings is 1. The lowest BCUT2D eigenvalue weighted by atomic mass is 9.81. The van der Waals surface area contributed by atoms with Gasteiger partial charge in [-0.2, -0.15) is 0 Å². The van der Waals surface area contributed by atoms with E-state index >= 15 is 0 Å². The van der Waals surface area contributed by atoms with Gasteiger partial charge in [-0.3, -0.25) is 0 Å². The molecule has 0 unspecified atom stereocenters. The average molecular weight is 365 g/mol. The first-order valence-electron chi connectivity index (χ1n) is 7.34. The Hall–Kier alpha value is -0.0725. The number of rotatable bonds is 0. The van der Waals surface area contributed by atoms with Crippen LogP contribution in [-0.4, -0.2) is 40.0 Å². The molecular weight excluding hydrogens is 344 g/mol. The molecule has 1 saturated heterocycles. The van der Waals surface area contributed by atoms with Crippen LogP contribution in [-0.2, 0) is 29.3 Å². The summed E-state index contributed by atoms with van der Waals surface area (Å²) in [5.74, 6) is 0. The predicted molar refractivity (Wildman–Crippen MR) is 89.4 cm³/mol. The largest absolute Gasteiger partial charge is 0.412 e. The summed E-state index contributed by atoms with van der Waals surface area (Å²) in [4.78, 5) is 0. The molecule has 1 aliphatic carbocycles. The second kappa shape index (κ2) is 9.28. The van der Waals surface area contributed by atoms with E-state index in [9.17, 15) is 0 Å². The van der Waals surface area contributed by atoms with Gasteiger partial charge in [0.05, 0.1) is 0 Å². The van der Waals surface area contributed by atoms with E-state index in [0.717, 1.165) is 0 Å². The molecule has 2 aliphatic rings. The summed E-state index contributed by atoms with van der Waals surface area (Å²) in [7, 11) is 0.278. The summed E-state index contributed by atoms with van der Waals surface area (Å²) in [5, 5.41) is 0. The van der Waals surface area contributed by atoms with Crippen LogP contribution in [0.25, 0.3) is 0 Å². The first kappa shape index (κ1) is 18.3. The van der Waals surface area contributed by atoms with Crippen molar-refractivity contribution in [2.45, 2.75) is 53.4 Å². The van der Waals surface area contributed by atoms with Crippen molar-refractivity contribution in [2.75, 3.05) is 0 Å². The van der Waals surface area contributed by atoms with E-state index in [1.165, 1.54) is 36.8 Å². The van der Waals surface area contributed by atoms with Gasteiger partial charge in [0.15, 0.2) is 0 Å². The van der Waals surface area contributed by atoms with Gasteiger partial charge in [-0.1, -0.05) is 0 Å². The highest BCUT2D eigenvalue weighted by Gasteiger charge is 2.17. The van der Waals surface area contributed by atoms with Crippen LogP contribution in [0.1, 0.15) is 46.2 Å². The van der Waals surface area contributed by atoms with E-state index in [0.29, 0.717) is 0 Å². The molecule has 0 spiro atoms. The third-order valence-electron chi connectivity index (χ3n) is 4.39. The summed E-state index contributed by atoms with van der Waals surface area (Å²) in [6, 6.07) is 0. The van der Waals surface area contributed by atoms with E-state index in [-0.39, 0.29) is 40.0 Å². The van der Waals surface area contributed by atoms with E-state index < -0.39 is 0 Å². The first-order valence-corrected chi connectivity index (χ1v) is 10.6. The van der Waals surface area contributed by atoms with Gasteiger partial charge < -0.3 is 16.5 Å². The van der Waals surface area contributed by atoms with Crippen LogP contribution >= 0.6 is 0 Å². The minimum absolute atomic E-state index is 0.0694. The fraction of sp³-hybridized carbons (Fsp3) is 0.571. The zero-order chi connectivity index (χ0) is 15.9. The maximum atomic E-state index is 4.82. The molecule has 1 aliphatic heterocycles. The Balaban J connectivity index is 0.000000188. The molecule has 1 heterocycles. The molecule has 1 aromatic rings. The monoisotopic (exact) mass is 364 g/mol. The predicted octanol–water partition coefficient (Wildman–Crippen LogP) is 2.00. The van der Waals surface area contributed by atoms with Crippen molar-refractivity contribution in [1.82, 2.24) is 0 Å². The Kier molecular flexibility index (Phi) is 7.70. The van der Waals surface area contributed by atoms with Crippen LogP contribution in [0.4, 0.5) is 0 Å². The topological polar surface area (TPSA) is 36.9 Å². The van der Waals surface area contributed by atoms with Crippen LogP contribution in [0.3, 0.4) is 0 Å². The lowest BCUT2D eigenvalue weighted by molar-refractivity contribution is 0.347. The Labute approximate surface area is 143 Å². The lowest BCUT2D eigenvalue weighted by Crippen LogP contribution is -2.23. The van der Waals surface area contributed by atoms with Gasteiger partial charge in [0, 0.05) is 0 Å². The molecule has 1 fully saturated rings. The van der Waals surface area contributed by atoms with E-state index in [1.807, 2.05) is 0 Å². The summed E-state index contributed by atoms with van der Waals surface area (Å²) in [5.41, 5.74) is 9.48. The molecule has 0 N–H and O–H groups in total. The van der Waals surface area contributed by atoms with Crippen LogP contribution in [0.2, 0.25) is 0 Å². The highest BCUT2D eigenvalue weighted by Crippen LogP contribution is 2.31. The molecule has 0 aromatic heterocycles. The van der Waals surface area contributed by atoms with Gasteiger partial charge >= 0.3 is 40.0 Å². The first-order chi connectivity index (χ1) is 10.6. The van der Waals surface area contributed by atoms with Crippen molar-refractivity contribution in [3.63, 3.8) is 0 Å². The molecule has 8 radical (unpaired) electrons. The van der Waals surface area contributed by atoms with Crippen LogP contribution < -0.4 is 0 Å². The molecular formula is C14H20O4Si4. The SMILES string of the molecule is Cc1c(C)c(C)c2c(c1C)CCCC2.O1[Si]O[Si]O[Si]O[Si]1. The fourth-order valence-corrected chi connectivity index (χ4v) is 5.61. The third kappa shape index (κ3) is 4.71. The lowest BCUT2D eigenvalue weighted by Gasteiger charge is -2.24. The zero-order valence-corrected chi connectivity index (χ0v) is 17.5. The standard InChI is InChI=1S/C14H20.O4Si4/c1-9-10(2)12(4)14-8-6-5-7-13(14)11(9)3;1-5-2-7-4-8-3-6-1/h5-8H2,1-4H3;. The molecule has 0 saturated carbocycles. The maximum absolute atomic E-state index is 4.82. The normalized spacial score (nSPS) is 18.5. The number of hydrogen-bond donors (Lipinski definition) is 0. The highest BCUT2D eigenvalue weighted by molar-refractivity contribution is 6.50. The molecule has 8 heteroatoms. The molecule has 22 heavy (non-hydrogen) atoms. The van der Waals surface area contributed by atoms with Crippen molar-refractivity contribution < 1.29 is 16.5 Å². The Morgan fingerprint density at radius 2 is 0.864 bits per heavy atom. The van der Waals surface area contributed by atoms with Gasteiger partial charge in [-0.25, -0.2) is 0 Å². The minimum atomic E-state index is 0.0694. The van der Waals surface area contributed by atoms with Gasteiger partial charge in [-0.15, -0.1) is 0 Å². The van der Waals surface area contributed by atoms with Crippen molar-refractivity contribution >= 4 is 40.0 Å². The quantitative estimate of drug-likeness (QED) is 0.660. The second-order valence-corrected chi connectivity index (χ2v) is 9.34. The summed E-state index contributed by atoms with van der Waals surface area (Å²) < 4.78 is 19.3. The molecule has 116 valence electrons. The average Bonchev–Trinajstić information content (AvgIpc) is 2.51.